The molecule has 2 amide bonds. The van der Waals surface area contributed by atoms with Gasteiger partial charge in [-0.05, 0) is 35.0 Å². The van der Waals surface area contributed by atoms with Crippen molar-refractivity contribution in [1.29, 1.82) is 0 Å². The molecule has 0 aliphatic carbocycles. The van der Waals surface area contributed by atoms with E-state index in [1.807, 2.05) is 6.92 Å². The van der Waals surface area contributed by atoms with E-state index < -0.39 is 5.97 Å². The smallest absolute Gasteiger partial charge is 0.337 e. The maximum atomic E-state index is 12.1. The molecule has 0 heterocycles. The fraction of sp³-hybridized carbons (Fsp3) is 0.231. The van der Waals surface area contributed by atoms with E-state index in [1.165, 1.54) is 11.0 Å². The summed E-state index contributed by atoms with van der Waals surface area (Å²) >= 11 is 6.48. The topological polar surface area (TPSA) is 69.6 Å². The van der Waals surface area contributed by atoms with Crippen LogP contribution in [0.15, 0.2) is 33.7 Å². The fourth-order valence-corrected chi connectivity index (χ4v) is 2.89. The Morgan fingerprint density at radius 1 is 1.45 bits per heavy atom. The van der Waals surface area contributed by atoms with Crippen molar-refractivity contribution in [3.63, 3.8) is 0 Å². The minimum absolute atomic E-state index is 0.00857. The summed E-state index contributed by atoms with van der Waals surface area (Å²) in [6, 6.07) is 2.73. The Labute approximate surface area is 133 Å². The number of amides is 2. The molecule has 7 heteroatoms. The van der Waals surface area contributed by atoms with Crippen LogP contribution in [0.4, 0.5) is 10.5 Å². The number of nitrogens with zero attached hydrogens (tertiary/aromatic N) is 1. The number of hydrogen-bond acceptors (Lipinski definition) is 2. The van der Waals surface area contributed by atoms with Crippen LogP contribution in [0.5, 0.6) is 0 Å². The standard InChI is InChI=1S/C13H14Br2N2O3/c1-3-5-17(4-2)13(20)16-11-9(12(18)19)6-8(14)7-10(11)15/h3,6-7H,1,4-5H2,2H3,(H,16,20)(H,18,19). The molecule has 0 spiro atoms. The van der Waals surface area contributed by atoms with Gasteiger partial charge in [0.1, 0.15) is 0 Å². The molecule has 2 N–H and O–H groups in total. The second-order valence-corrected chi connectivity index (χ2v) is 5.64. The minimum atomic E-state index is -1.12. The van der Waals surface area contributed by atoms with Crippen LogP contribution < -0.4 is 5.32 Å². The number of nitrogens with one attached hydrogen (secondary N) is 1. The number of aromatic carboxylic acids is 1. The molecule has 5 nitrogen and oxygen atoms in total. The maximum absolute atomic E-state index is 12.1. The molecule has 0 bridgehead atoms. The van der Waals surface area contributed by atoms with Gasteiger partial charge in [0, 0.05) is 22.0 Å². The predicted molar refractivity (Wildman–Crippen MR) is 85.3 cm³/mol. The number of carboxylic acid groups (broad SMARTS) is 1. The molecule has 1 aromatic rings. The number of halogens is 2. The quantitative estimate of drug-likeness (QED) is 0.728. The summed E-state index contributed by atoms with van der Waals surface area (Å²) in [6.45, 7) is 6.29. The maximum Gasteiger partial charge on any atom is 0.337 e. The van der Waals surface area contributed by atoms with Crippen molar-refractivity contribution in [3.05, 3.63) is 39.3 Å². The van der Waals surface area contributed by atoms with E-state index in [0.717, 1.165) is 0 Å². The van der Waals surface area contributed by atoms with Gasteiger partial charge in [0.2, 0.25) is 0 Å². The predicted octanol–water partition coefficient (Wildman–Crippen LogP) is 3.95. The lowest BCUT2D eigenvalue weighted by Gasteiger charge is -2.21. The van der Waals surface area contributed by atoms with Crippen LogP contribution in [0.3, 0.4) is 0 Å². The van der Waals surface area contributed by atoms with Crippen LogP contribution in [-0.2, 0) is 0 Å². The Hall–Kier alpha value is -1.34. The lowest BCUT2D eigenvalue weighted by molar-refractivity contribution is 0.0698. The molecular weight excluding hydrogens is 392 g/mol. The van der Waals surface area contributed by atoms with Crippen LogP contribution in [0.1, 0.15) is 17.3 Å². The van der Waals surface area contributed by atoms with Gasteiger partial charge in [-0.3, -0.25) is 0 Å². The summed E-state index contributed by atoms with van der Waals surface area (Å²) in [7, 11) is 0. The van der Waals surface area contributed by atoms with Crippen molar-refractivity contribution in [2.45, 2.75) is 6.92 Å². The lowest BCUT2D eigenvalue weighted by Crippen LogP contribution is -2.35. The molecule has 0 unspecified atom stereocenters. The summed E-state index contributed by atoms with van der Waals surface area (Å²) in [6.07, 6.45) is 1.61. The third-order valence-electron chi connectivity index (χ3n) is 2.54. The number of anilines is 1. The molecule has 20 heavy (non-hydrogen) atoms. The van der Waals surface area contributed by atoms with E-state index in [0.29, 0.717) is 22.0 Å². The zero-order chi connectivity index (χ0) is 15.3. The summed E-state index contributed by atoms with van der Waals surface area (Å²) < 4.78 is 1.10. The number of hydrogen-bond donors (Lipinski definition) is 2. The molecule has 108 valence electrons. The van der Waals surface area contributed by atoms with Gasteiger partial charge in [0.15, 0.2) is 0 Å². The number of urea groups is 1. The van der Waals surface area contributed by atoms with Gasteiger partial charge in [-0.15, -0.1) is 6.58 Å². The van der Waals surface area contributed by atoms with Gasteiger partial charge >= 0.3 is 12.0 Å². The van der Waals surface area contributed by atoms with Crippen LogP contribution >= 0.6 is 31.9 Å². The van der Waals surface area contributed by atoms with E-state index >= 15 is 0 Å². The first-order chi connectivity index (χ1) is 9.40. The number of rotatable bonds is 5. The van der Waals surface area contributed by atoms with Gasteiger partial charge in [-0.2, -0.15) is 0 Å². The van der Waals surface area contributed by atoms with Gasteiger partial charge in [0.05, 0.1) is 11.3 Å². The summed E-state index contributed by atoms with van der Waals surface area (Å²) in [4.78, 5) is 24.8. The second kappa shape index (κ2) is 7.44. The number of carbonyl (C=O) groups excluding carboxylic acids is 1. The van der Waals surface area contributed by atoms with Crippen molar-refractivity contribution >= 4 is 49.5 Å². The van der Waals surface area contributed by atoms with Gasteiger partial charge < -0.3 is 15.3 Å². The molecule has 0 aliphatic heterocycles. The first kappa shape index (κ1) is 16.7. The molecule has 0 atom stereocenters. The van der Waals surface area contributed by atoms with Crippen molar-refractivity contribution in [3.8, 4) is 0 Å². The number of carboxylic acids is 1. The highest BCUT2D eigenvalue weighted by atomic mass is 79.9. The molecule has 0 aliphatic rings. The molecule has 0 saturated heterocycles. The average Bonchev–Trinajstić information content (AvgIpc) is 2.38. The Bertz CT molecular complexity index is 547. The first-order valence-electron chi connectivity index (χ1n) is 5.79. The van der Waals surface area contributed by atoms with E-state index in [1.54, 1.807) is 12.1 Å². The molecule has 0 aromatic heterocycles. The van der Waals surface area contributed by atoms with E-state index in [-0.39, 0.29) is 17.3 Å². The Morgan fingerprint density at radius 3 is 2.60 bits per heavy atom. The van der Waals surface area contributed by atoms with Crippen LogP contribution in [0, 0.1) is 0 Å². The van der Waals surface area contributed by atoms with E-state index in [9.17, 15) is 14.7 Å². The summed E-state index contributed by atoms with van der Waals surface area (Å²) in [5.74, 6) is -1.12. The van der Waals surface area contributed by atoms with Gasteiger partial charge in [-0.25, -0.2) is 9.59 Å². The number of likely N-dealkylation sites (N-methyl/N-ethyl adjacent to an activating group) is 1. The van der Waals surface area contributed by atoms with Crippen LogP contribution in [0.25, 0.3) is 0 Å². The minimum Gasteiger partial charge on any atom is -0.478 e. The summed E-state index contributed by atoms with van der Waals surface area (Å²) in [5.41, 5.74) is 0.238. The average molecular weight is 406 g/mol. The summed E-state index contributed by atoms with van der Waals surface area (Å²) in [5, 5.41) is 11.8. The van der Waals surface area contributed by atoms with Crippen LogP contribution in [-0.4, -0.2) is 35.1 Å². The van der Waals surface area contributed by atoms with Crippen molar-refractivity contribution < 1.29 is 14.7 Å². The molecule has 0 radical (unpaired) electrons. The van der Waals surface area contributed by atoms with Crippen LogP contribution in [0.2, 0.25) is 0 Å². The fourth-order valence-electron chi connectivity index (χ4n) is 1.57. The highest BCUT2D eigenvalue weighted by molar-refractivity contribution is 9.11. The van der Waals surface area contributed by atoms with E-state index in [4.69, 9.17) is 0 Å². The number of benzene rings is 1. The SMILES string of the molecule is C=CCN(CC)C(=O)Nc1c(Br)cc(Br)cc1C(=O)O. The first-order valence-corrected chi connectivity index (χ1v) is 7.38. The zero-order valence-electron chi connectivity index (χ0n) is 10.8. The van der Waals surface area contributed by atoms with E-state index in [2.05, 4.69) is 43.8 Å². The highest BCUT2D eigenvalue weighted by Crippen LogP contribution is 2.31. The van der Waals surface area contributed by atoms with Crippen molar-refractivity contribution in [2.24, 2.45) is 0 Å². The Morgan fingerprint density at radius 2 is 2.10 bits per heavy atom. The van der Waals surface area contributed by atoms with Gasteiger partial charge in [0.25, 0.3) is 0 Å². The second-order valence-electron chi connectivity index (χ2n) is 3.87. The largest absolute Gasteiger partial charge is 0.478 e. The monoisotopic (exact) mass is 404 g/mol. The Kier molecular flexibility index (Phi) is 6.22. The molecule has 1 aromatic carbocycles. The molecule has 0 fully saturated rings. The molecule has 1 rings (SSSR count). The highest BCUT2D eigenvalue weighted by Gasteiger charge is 2.19. The van der Waals surface area contributed by atoms with Crippen molar-refractivity contribution in [1.82, 2.24) is 4.90 Å². The van der Waals surface area contributed by atoms with Crippen molar-refractivity contribution in [2.75, 3.05) is 18.4 Å². The number of carbonyl (C=O) groups is 2. The molecular formula is C13H14Br2N2O3. The lowest BCUT2D eigenvalue weighted by atomic mass is 10.2. The Balaban J connectivity index is 3.11. The normalized spacial score (nSPS) is 9.95. The zero-order valence-corrected chi connectivity index (χ0v) is 14.0. The third-order valence-corrected chi connectivity index (χ3v) is 3.62. The van der Waals surface area contributed by atoms with Gasteiger partial charge in [-0.1, -0.05) is 22.0 Å². The molecule has 0 saturated carbocycles. The third kappa shape index (κ3) is 4.08.